The Hall–Kier alpha value is -1.37. The number of carbonyl (C=O) groups excluding carboxylic acids is 2. The van der Waals surface area contributed by atoms with Gasteiger partial charge in [0.2, 0.25) is 0 Å². The van der Waals surface area contributed by atoms with Crippen molar-refractivity contribution < 1.29 is 19.8 Å². The molecule has 0 unspecified atom stereocenters. The molecule has 0 aromatic heterocycles. The summed E-state index contributed by atoms with van der Waals surface area (Å²) in [4.78, 5) is 21.1. The van der Waals surface area contributed by atoms with Crippen LogP contribution in [0.25, 0.3) is 0 Å². The van der Waals surface area contributed by atoms with E-state index in [4.69, 9.17) is 12.2 Å². The second-order valence-electron chi connectivity index (χ2n) is 4.40. The SMILES string of the molecule is O=C([O-])C[C@H](NC(=S)NC1CCCCC1)C(=O)[O-]. The van der Waals surface area contributed by atoms with Crippen molar-refractivity contribution in [3.05, 3.63) is 0 Å². The second kappa shape index (κ2) is 7.15. The molecule has 0 amide bonds. The Kier molecular flexibility index (Phi) is 5.84. The van der Waals surface area contributed by atoms with E-state index in [1.807, 2.05) is 0 Å². The zero-order chi connectivity index (χ0) is 13.5. The molecule has 0 aliphatic heterocycles. The first-order chi connectivity index (χ1) is 8.49. The predicted octanol–water partition coefficient (Wildman–Crippen LogP) is -1.96. The summed E-state index contributed by atoms with van der Waals surface area (Å²) in [7, 11) is 0. The van der Waals surface area contributed by atoms with Gasteiger partial charge < -0.3 is 30.4 Å². The van der Waals surface area contributed by atoms with Gasteiger partial charge in [0, 0.05) is 18.4 Å². The Bertz CT molecular complexity index is 329. The highest BCUT2D eigenvalue weighted by Gasteiger charge is 2.16. The van der Waals surface area contributed by atoms with Crippen LogP contribution >= 0.6 is 12.2 Å². The Balaban J connectivity index is 2.40. The van der Waals surface area contributed by atoms with Crippen LogP contribution in [0.1, 0.15) is 38.5 Å². The first-order valence-electron chi connectivity index (χ1n) is 5.96. The van der Waals surface area contributed by atoms with Gasteiger partial charge in [-0.2, -0.15) is 0 Å². The third-order valence-electron chi connectivity index (χ3n) is 2.90. The fourth-order valence-electron chi connectivity index (χ4n) is 1.99. The molecule has 1 rings (SSSR count). The van der Waals surface area contributed by atoms with Crippen LogP contribution in [0.15, 0.2) is 0 Å². The normalized spacial score (nSPS) is 17.8. The van der Waals surface area contributed by atoms with Crippen molar-refractivity contribution in [2.75, 3.05) is 0 Å². The van der Waals surface area contributed by atoms with Crippen molar-refractivity contribution in [2.45, 2.75) is 50.6 Å². The van der Waals surface area contributed by atoms with Crippen molar-refractivity contribution >= 4 is 29.3 Å². The van der Waals surface area contributed by atoms with Crippen molar-refractivity contribution in [3.8, 4) is 0 Å². The van der Waals surface area contributed by atoms with Crippen molar-refractivity contribution in [1.29, 1.82) is 0 Å². The number of rotatable bonds is 5. The van der Waals surface area contributed by atoms with Gasteiger partial charge in [0.25, 0.3) is 0 Å². The Morgan fingerprint density at radius 2 is 1.83 bits per heavy atom. The monoisotopic (exact) mass is 272 g/mol. The third-order valence-corrected chi connectivity index (χ3v) is 3.14. The average Bonchev–Trinajstić information content (AvgIpc) is 2.28. The summed E-state index contributed by atoms with van der Waals surface area (Å²) in [5.41, 5.74) is 0. The molecule has 102 valence electrons. The molecular formula is C11H16N2O4S-2. The first kappa shape index (κ1) is 14.7. The quantitative estimate of drug-likeness (QED) is 0.560. The van der Waals surface area contributed by atoms with Crippen LogP contribution in [0, 0.1) is 0 Å². The van der Waals surface area contributed by atoms with Gasteiger partial charge in [0.05, 0.1) is 12.0 Å². The van der Waals surface area contributed by atoms with Gasteiger partial charge >= 0.3 is 0 Å². The smallest absolute Gasteiger partial charge is 0.167 e. The van der Waals surface area contributed by atoms with E-state index in [0.717, 1.165) is 25.7 Å². The van der Waals surface area contributed by atoms with E-state index >= 15 is 0 Å². The molecule has 0 aromatic rings. The molecule has 0 radical (unpaired) electrons. The molecular weight excluding hydrogens is 256 g/mol. The Labute approximate surface area is 111 Å². The number of nitrogens with one attached hydrogen (secondary N) is 2. The van der Waals surface area contributed by atoms with Gasteiger partial charge in [0.15, 0.2) is 5.11 Å². The number of aliphatic carboxylic acids is 2. The largest absolute Gasteiger partial charge is 0.550 e. The maximum absolute atomic E-state index is 10.7. The molecule has 1 aliphatic carbocycles. The van der Waals surface area contributed by atoms with Crippen molar-refractivity contribution in [2.24, 2.45) is 0 Å². The van der Waals surface area contributed by atoms with E-state index in [9.17, 15) is 19.8 Å². The highest BCUT2D eigenvalue weighted by Crippen LogP contribution is 2.17. The zero-order valence-electron chi connectivity index (χ0n) is 9.94. The molecule has 1 saturated carbocycles. The summed E-state index contributed by atoms with van der Waals surface area (Å²) in [6.45, 7) is 0. The van der Waals surface area contributed by atoms with Crippen molar-refractivity contribution in [1.82, 2.24) is 10.6 Å². The van der Waals surface area contributed by atoms with Gasteiger partial charge in [0.1, 0.15) is 0 Å². The van der Waals surface area contributed by atoms with Crippen LogP contribution in [0.2, 0.25) is 0 Å². The van der Waals surface area contributed by atoms with Crippen LogP contribution in [-0.2, 0) is 9.59 Å². The highest BCUT2D eigenvalue weighted by atomic mass is 32.1. The van der Waals surface area contributed by atoms with E-state index in [-0.39, 0.29) is 11.2 Å². The van der Waals surface area contributed by atoms with E-state index in [0.29, 0.717) is 0 Å². The maximum Gasteiger partial charge on any atom is 0.167 e. The second-order valence-corrected chi connectivity index (χ2v) is 4.81. The summed E-state index contributed by atoms with van der Waals surface area (Å²) in [5.74, 6) is -2.97. The standard InChI is InChI=1S/C11H18N2O4S/c14-9(15)6-8(10(16)17)13-11(18)12-7-4-2-1-3-5-7/h7-8H,1-6H2,(H,14,15)(H,16,17)(H2,12,13,18)/p-2/t8-/m0/s1. The number of carboxylic acids is 2. The van der Waals surface area contributed by atoms with Crippen LogP contribution in [0.4, 0.5) is 0 Å². The van der Waals surface area contributed by atoms with E-state index < -0.39 is 24.4 Å². The number of hydrogen-bond acceptors (Lipinski definition) is 5. The van der Waals surface area contributed by atoms with Gasteiger partial charge in [-0.3, -0.25) is 0 Å². The lowest BCUT2D eigenvalue weighted by Gasteiger charge is -2.27. The molecule has 0 heterocycles. The van der Waals surface area contributed by atoms with Gasteiger partial charge in [-0.05, 0) is 25.1 Å². The summed E-state index contributed by atoms with van der Waals surface area (Å²) in [5, 5.41) is 26.7. The van der Waals surface area contributed by atoms with Crippen LogP contribution in [0.5, 0.6) is 0 Å². The number of carboxylic acid groups (broad SMARTS) is 2. The molecule has 0 aromatic carbocycles. The summed E-state index contributed by atoms with van der Waals surface area (Å²) >= 11 is 4.96. The minimum Gasteiger partial charge on any atom is -0.550 e. The lowest BCUT2D eigenvalue weighted by Crippen LogP contribution is -2.54. The fraction of sp³-hybridized carbons (Fsp3) is 0.727. The average molecular weight is 272 g/mol. The Morgan fingerprint density at radius 1 is 1.22 bits per heavy atom. The fourth-order valence-corrected chi connectivity index (χ4v) is 2.30. The molecule has 0 bridgehead atoms. The lowest BCUT2D eigenvalue weighted by molar-refractivity contribution is -0.317. The van der Waals surface area contributed by atoms with Gasteiger partial charge in [-0.1, -0.05) is 19.3 Å². The minimum atomic E-state index is -1.51. The third kappa shape index (κ3) is 5.31. The van der Waals surface area contributed by atoms with E-state index in [2.05, 4.69) is 10.6 Å². The van der Waals surface area contributed by atoms with E-state index in [1.54, 1.807) is 0 Å². The van der Waals surface area contributed by atoms with E-state index in [1.165, 1.54) is 6.42 Å². The summed E-state index contributed by atoms with van der Waals surface area (Å²) < 4.78 is 0. The van der Waals surface area contributed by atoms with Crippen molar-refractivity contribution in [3.63, 3.8) is 0 Å². The number of hydrogen-bond donors (Lipinski definition) is 2. The minimum absolute atomic E-state index is 0.150. The van der Waals surface area contributed by atoms with Crippen LogP contribution in [-0.4, -0.2) is 29.1 Å². The van der Waals surface area contributed by atoms with Crippen LogP contribution < -0.4 is 20.8 Å². The summed E-state index contributed by atoms with van der Waals surface area (Å²) in [6, 6.07) is -1.14. The summed E-state index contributed by atoms with van der Waals surface area (Å²) in [6.07, 6.45) is 4.72. The number of carbonyl (C=O) groups is 2. The van der Waals surface area contributed by atoms with Gasteiger partial charge in [-0.15, -0.1) is 0 Å². The lowest BCUT2D eigenvalue weighted by atomic mass is 9.96. The molecule has 6 nitrogen and oxygen atoms in total. The molecule has 1 aliphatic rings. The first-order valence-corrected chi connectivity index (χ1v) is 6.37. The molecule has 7 heteroatoms. The predicted molar refractivity (Wildman–Crippen MR) is 64.2 cm³/mol. The zero-order valence-corrected chi connectivity index (χ0v) is 10.8. The molecule has 0 saturated heterocycles. The van der Waals surface area contributed by atoms with Gasteiger partial charge in [-0.25, -0.2) is 0 Å². The molecule has 1 fully saturated rings. The van der Waals surface area contributed by atoms with Crippen LogP contribution in [0.3, 0.4) is 0 Å². The molecule has 18 heavy (non-hydrogen) atoms. The number of thiocarbonyl (C=S) groups is 1. The Morgan fingerprint density at radius 3 is 2.33 bits per heavy atom. The topological polar surface area (TPSA) is 104 Å². The molecule has 0 spiro atoms. The highest BCUT2D eigenvalue weighted by molar-refractivity contribution is 7.80. The molecule has 2 N–H and O–H groups in total. The molecule has 1 atom stereocenters. The maximum atomic E-state index is 10.7.